The lowest BCUT2D eigenvalue weighted by molar-refractivity contribution is 0.102. The van der Waals surface area contributed by atoms with Crippen molar-refractivity contribution >= 4 is 17.4 Å². The number of aromatic amines is 1. The summed E-state index contributed by atoms with van der Waals surface area (Å²) in [6.45, 7) is 4.08. The minimum Gasteiger partial charge on any atom is -0.383 e. The summed E-state index contributed by atoms with van der Waals surface area (Å²) in [7, 11) is 1.75. The second-order valence-electron chi connectivity index (χ2n) is 5.51. The second kappa shape index (κ2) is 7.16. The number of hydrogen-bond acceptors (Lipinski definition) is 5. The van der Waals surface area contributed by atoms with Crippen LogP contribution in [0.1, 0.15) is 42.7 Å². The molecule has 9 nitrogen and oxygen atoms in total. The fourth-order valence-electron chi connectivity index (χ4n) is 2.50. The van der Waals surface area contributed by atoms with Crippen LogP contribution in [0, 0.1) is 0 Å². The number of carbonyl (C=O) groups excluding carboxylic acids is 1. The Balaban J connectivity index is 2.41. The average Bonchev–Trinajstić information content (AvgIpc) is 2.89. The van der Waals surface area contributed by atoms with Gasteiger partial charge in [-0.2, -0.15) is 5.10 Å². The Morgan fingerprint density at radius 1 is 1.33 bits per heavy atom. The predicted octanol–water partition coefficient (Wildman–Crippen LogP) is 0.467. The third-order valence-corrected chi connectivity index (χ3v) is 3.69. The molecule has 130 valence electrons. The van der Waals surface area contributed by atoms with Crippen molar-refractivity contribution in [2.24, 2.45) is 7.05 Å². The van der Waals surface area contributed by atoms with Crippen molar-refractivity contribution in [3.05, 3.63) is 38.3 Å². The van der Waals surface area contributed by atoms with Crippen molar-refractivity contribution in [3.63, 3.8) is 0 Å². The molecule has 0 aromatic carbocycles. The fraction of sp³-hybridized carbons (Fsp3) is 0.467. The van der Waals surface area contributed by atoms with Gasteiger partial charge in [0.05, 0.1) is 17.5 Å². The van der Waals surface area contributed by atoms with E-state index in [1.807, 2.05) is 13.8 Å². The van der Waals surface area contributed by atoms with Gasteiger partial charge in [0.25, 0.3) is 11.5 Å². The van der Waals surface area contributed by atoms with E-state index in [9.17, 15) is 14.4 Å². The van der Waals surface area contributed by atoms with Gasteiger partial charge in [-0.3, -0.25) is 23.8 Å². The Hall–Kier alpha value is -2.84. The molecule has 9 heteroatoms. The second-order valence-corrected chi connectivity index (χ2v) is 5.51. The van der Waals surface area contributed by atoms with Crippen LogP contribution >= 0.6 is 0 Å². The van der Waals surface area contributed by atoms with Crippen molar-refractivity contribution in [2.75, 3.05) is 11.1 Å². The van der Waals surface area contributed by atoms with E-state index in [1.165, 1.54) is 6.20 Å². The van der Waals surface area contributed by atoms with Crippen LogP contribution in [0.3, 0.4) is 0 Å². The molecular formula is C15H22N6O3. The van der Waals surface area contributed by atoms with Gasteiger partial charge in [0.1, 0.15) is 11.5 Å². The Bertz CT molecular complexity index is 861. The summed E-state index contributed by atoms with van der Waals surface area (Å²) < 4.78 is 2.65. The molecule has 0 aliphatic carbocycles. The van der Waals surface area contributed by atoms with Gasteiger partial charge in [0.15, 0.2) is 0 Å². The largest absolute Gasteiger partial charge is 0.383 e. The first kappa shape index (κ1) is 17.5. The molecule has 0 bridgehead atoms. The first-order valence-corrected chi connectivity index (χ1v) is 7.85. The van der Waals surface area contributed by atoms with E-state index in [-0.39, 0.29) is 18.1 Å². The Morgan fingerprint density at radius 3 is 2.67 bits per heavy atom. The van der Waals surface area contributed by atoms with E-state index in [2.05, 4.69) is 15.4 Å². The highest BCUT2D eigenvalue weighted by Gasteiger charge is 2.19. The van der Waals surface area contributed by atoms with Crippen LogP contribution in [0.5, 0.6) is 0 Å². The van der Waals surface area contributed by atoms with E-state index >= 15 is 0 Å². The SMILES string of the molecule is CCCc1c(C(=O)Nc2c(N)[nH]c(=O)n(CCC)c2=O)cnn1C. The molecule has 0 saturated carbocycles. The van der Waals surface area contributed by atoms with Crippen LogP contribution in [0.4, 0.5) is 11.5 Å². The number of H-pyrrole nitrogens is 1. The maximum absolute atomic E-state index is 12.5. The Kier molecular flexibility index (Phi) is 5.22. The molecule has 1 amide bonds. The molecule has 2 aromatic heterocycles. The smallest absolute Gasteiger partial charge is 0.330 e. The number of carbonyl (C=O) groups is 1. The number of nitrogen functional groups attached to an aromatic ring is 1. The van der Waals surface area contributed by atoms with E-state index in [0.717, 1.165) is 16.7 Å². The summed E-state index contributed by atoms with van der Waals surface area (Å²) in [4.78, 5) is 39.1. The summed E-state index contributed by atoms with van der Waals surface area (Å²) in [5, 5.41) is 6.60. The summed E-state index contributed by atoms with van der Waals surface area (Å²) in [5.74, 6) is -0.642. The highest BCUT2D eigenvalue weighted by atomic mass is 16.2. The number of amides is 1. The number of nitrogens with two attached hydrogens (primary N) is 1. The summed E-state index contributed by atoms with van der Waals surface area (Å²) >= 11 is 0. The molecule has 0 atom stereocenters. The molecule has 0 aliphatic heterocycles. The van der Waals surface area contributed by atoms with Crippen molar-refractivity contribution in [3.8, 4) is 0 Å². The van der Waals surface area contributed by atoms with E-state index in [0.29, 0.717) is 18.4 Å². The van der Waals surface area contributed by atoms with E-state index in [1.54, 1.807) is 11.7 Å². The number of anilines is 2. The quantitative estimate of drug-likeness (QED) is 0.707. The minimum absolute atomic E-state index is 0.126. The van der Waals surface area contributed by atoms with Crippen LogP contribution in [0.2, 0.25) is 0 Å². The minimum atomic E-state index is -0.618. The van der Waals surface area contributed by atoms with Crippen molar-refractivity contribution in [1.29, 1.82) is 0 Å². The summed E-state index contributed by atoms with van der Waals surface area (Å²) in [6.07, 6.45) is 3.58. The van der Waals surface area contributed by atoms with Crippen molar-refractivity contribution in [1.82, 2.24) is 19.3 Å². The van der Waals surface area contributed by atoms with E-state index in [4.69, 9.17) is 5.73 Å². The van der Waals surface area contributed by atoms with Gasteiger partial charge < -0.3 is 11.1 Å². The zero-order chi connectivity index (χ0) is 17.9. The molecule has 0 radical (unpaired) electrons. The molecule has 0 spiro atoms. The van der Waals surface area contributed by atoms with Crippen LogP contribution in [-0.4, -0.2) is 25.2 Å². The normalized spacial score (nSPS) is 10.8. The summed E-state index contributed by atoms with van der Waals surface area (Å²) in [5.41, 5.74) is 5.53. The van der Waals surface area contributed by atoms with Gasteiger partial charge in [0.2, 0.25) is 0 Å². The zero-order valence-corrected chi connectivity index (χ0v) is 14.0. The molecule has 0 saturated heterocycles. The maximum Gasteiger partial charge on any atom is 0.330 e. The number of rotatable bonds is 6. The number of nitrogens with zero attached hydrogens (tertiary/aromatic N) is 3. The average molecular weight is 334 g/mol. The lowest BCUT2D eigenvalue weighted by Crippen LogP contribution is -2.38. The molecule has 0 fully saturated rings. The molecule has 24 heavy (non-hydrogen) atoms. The van der Waals surface area contributed by atoms with Crippen LogP contribution in [0.15, 0.2) is 15.8 Å². The van der Waals surface area contributed by atoms with Gasteiger partial charge in [-0.25, -0.2) is 4.79 Å². The van der Waals surface area contributed by atoms with Crippen LogP contribution < -0.4 is 22.3 Å². The molecule has 4 N–H and O–H groups in total. The lowest BCUT2D eigenvalue weighted by Gasteiger charge is -2.10. The molecule has 2 aromatic rings. The Morgan fingerprint density at radius 2 is 2.04 bits per heavy atom. The fourth-order valence-corrected chi connectivity index (χ4v) is 2.50. The third-order valence-electron chi connectivity index (χ3n) is 3.69. The molecule has 0 unspecified atom stereocenters. The van der Waals surface area contributed by atoms with Gasteiger partial charge >= 0.3 is 5.69 Å². The van der Waals surface area contributed by atoms with Crippen molar-refractivity contribution in [2.45, 2.75) is 39.7 Å². The summed E-state index contributed by atoms with van der Waals surface area (Å²) in [6, 6.07) is 0. The molecule has 0 aliphatic rings. The number of nitrogens with one attached hydrogen (secondary N) is 2. The number of aromatic nitrogens is 4. The van der Waals surface area contributed by atoms with Gasteiger partial charge in [0, 0.05) is 13.6 Å². The number of hydrogen-bond donors (Lipinski definition) is 3. The standard InChI is InChI=1S/C15H22N6O3/c1-4-6-10-9(8-17-20(10)3)13(22)18-11-12(16)19-15(24)21(7-5-2)14(11)23/h8H,4-7,16H2,1-3H3,(H,18,22)(H,19,24). The van der Waals surface area contributed by atoms with Gasteiger partial charge in [-0.15, -0.1) is 0 Å². The highest BCUT2D eigenvalue weighted by Crippen LogP contribution is 2.14. The van der Waals surface area contributed by atoms with Crippen LogP contribution in [0.25, 0.3) is 0 Å². The lowest BCUT2D eigenvalue weighted by atomic mass is 10.1. The first-order valence-electron chi connectivity index (χ1n) is 7.85. The number of aryl methyl sites for hydroxylation is 1. The zero-order valence-electron chi connectivity index (χ0n) is 14.0. The molecule has 2 heterocycles. The Labute approximate surface area is 138 Å². The monoisotopic (exact) mass is 334 g/mol. The topological polar surface area (TPSA) is 128 Å². The molecular weight excluding hydrogens is 312 g/mol. The van der Waals surface area contributed by atoms with Crippen LogP contribution in [-0.2, 0) is 20.0 Å². The van der Waals surface area contributed by atoms with Gasteiger partial charge in [-0.05, 0) is 12.8 Å². The maximum atomic E-state index is 12.5. The van der Waals surface area contributed by atoms with Crippen molar-refractivity contribution < 1.29 is 4.79 Å². The van der Waals surface area contributed by atoms with Gasteiger partial charge in [-0.1, -0.05) is 20.3 Å². The first-order chi connectivity index (χ1) is 11.4. The third kappa shape index (κ3) is 3.24. The highest BCUT2D eigenvalue weighted by molar-refractivity contribution is 6.06. The molecule has 2 rings (SSSR count). The predicted molar refractivity (Wildman–Crippen MR) is 91.2 cm³/mol. The van der Waals surface area contributed by atoms with E-state index < -0.39 is 17.2 Å².